The highest BCUT2D eigenvalue weighted by molar-refractivity contribution is 6.72. The van der Waals surface area contributed by atoms with Crippen molar-refractivity contribution >= 4 is 41.5 Å². The van der Waals surface area contributed by atoms with Gasteiger partial charge in [0, 0.05) is 34.4 Å². The number of aliphatic hydroxyl groups is 1. The van der Waals surface area contributed by atoms with Crippen LogP contribution in [0.25, 0.3) is 32.9 Å². The number of aromatic nitrogens is 4. The van der Waals surface area contributed by atoms with E-state index in [0.29, 0.717) is 38.8 Å². The number of rotatable bonds is 7. The van der Waals surface area contributed by atoms with Crippen LogP contribution < -0.4 is 16.0 Å². The summed E-state index contributed by atoms with van der Waals surface area (Å²) in [6, 6.07) is 27.0. The first-order chi connectivity index (χ1) is 24.5. The number of benzene rings is 4. The van der Waals surface area contributed by atoms with Crippen LogP contribution in [-0.2, 0) is 21.7 Å². The quantitative estimate of drug-likeness (QED) is 0.165. The number of halogens is 1. The second kappa shape index (κ2) is 12.2. The minimum atomic E-state index is -3.43. The summed E-state index contributed by atoms with van der Waals surface area (Å²) in [5.74, 6) is -0.934. The minimum Gasteiger partial charge on any atom is -0.396 e. The molecule has 0 unspecified atom stereocenters. The van der Waals surface area contributed by atoms with E-state index in [0.717, 1.165) is 10.9 Å². The molecule has 4 atom stereocenters. The minimum absolute atomic E-state index is 0.124. The van der Waals surface area contributed by atoms with Crippen LogP contribution in [0.4, 0.5) is 9.80 Å². The summed E-state index contributed by atoms with van der Waals surface area (Å²) in [4.78, 5) is 43.6. The first-order valence-electron chi connectivity index (χ1n) is 17.0. The number of carbonyl (C=O) groups excluding carboxylic acids is 1. The molecule has 1 N–H and O–H groups in total. The van der Waals surface area contributed by atoms with Gasteiger partial charge < -0.3 is 18.9 Å². The van der Waals surface area contributed by atoms with Gasteiger partial charge in [-0.3, -0.25) is 14.4 Å². The first kappa shape index (κ1) is 32.9. The van der Waals surface area contributed by atoms with Gasteiger partial charge in [-0.15, -0.1) is 0 Å². The predicted molar refractivity (Wildman–Crippen MR) is 196 cm³/mol. The molecule has 12 heteroatoms. The van der Waals surface area contributed by atoms with Crippen molar-refractivity contribution in [2.75, 3.05) is 11.5 Å². The van der Waals surface area contributed by atoms with E-state index >= 15 is 4.11 Å². The largest absolute Gasteiger partial charge is 0.396 e. The summed E-state index contributed by atoms with van der Waals surface area (Å²) in [5, 5.41) is 21.3. The highest BCUT2D eigenvalue weighted by Gasteiger charge is 2.66. The number of fused-ring (bicyclic) bond motifs is 4. The Morgan fingerprint density at radius 1 is 0.824 bits per heavy atom. The zero-order chi connectivity index (χ0) is 35.7. The van der Waals surface area contributed by atoms with E-state index < -0.39 is 31.6 Å². The molecule has 6 aromatic rings. The molecule has 0 saturated carbocycles. The molecule has 258 valence electrons. The first-order valence-corrected chi connectivity index (χ1v) is 20.0. The molecule has 4 heterocycles. The summed E-state index contributed by atoms with van der Waals surface area (Å²) in [6.45, 7) is 4.99. The van der Waals surface area contributed by atoms with Crippen molar-refractivity contribution in [1.29, 1.82) is 0 Å². The maximum atomic E-state index is 16.1. The molecule has 2 aromatic heterocycles. The highest BCUT2D eigenvalue weighted by atomic mass is 28.4. The number of aliphatic hydroxyl groups excluding tert-OH is 1. The Hall–Kier alpha value is -5.30. The SMILES string of the molecule is C[C@H]1[C@H]([Si](C)(C)F)[C@@H](CCO)O[C@]12C(=O)N(Cc1cccc(-n3ncc4ccccc4c3=O)c1)c1ccc(-n3ncc4ccccc4c3=O)cc12. The third-order valence-electron chi connectivity index (χ3n) is 10.5. The van der Waals surface area contributed by atoms with Crippen LogP contribution in [0.5, 0.6) is 0 Å². The number of hydrogen-bond acceptors (Lipinski definition) is 7. The molecule has 10 nitrogen and oxygen atoms in total. The Balaban J connectivity index is 1.25. The molecular weight excluding hydrogens is 666 g/mol. The lowest BCUT2D eigenvalue weighted by atomic mass is 9.82. The van der Waals surface area contributed by atoms with E-state index in [1.54, 1.807) is 72.9 Å². The van der Waals surface area contributed by atoms with Gasteiger partial charge in [0.15, 0.2) is 5.60 Å². The molecule has 2 aliphatic rings. The third kappa shape index (κ3) is 5.16. The fourth-order valence-corrected chi connectivity index (χ4v) is 10.8. The Labute approximate surface area is 293 Å². The van der Waals surface area contributed by atoms with Crippen LogP contribution in [0.1, 0.15) is 24.5 Å². The van der Waals surface area contributed by atoms with Crippen molar-refractivity contribution in [2.45, 2.75) is 50.2 Å². The number of amides is 1. The van der Waals surface area contributed by atoms with E-state index in [-0.39, 0.29) is 36.6 Å². The summed E-state index contributed by atoms with van der Waals surface area (Å²) in [7, 11) is -3.43. The maximum Gasteiger partial charge on any atom is 0.279 e. The van der Waals surface area contributed by atoms with Crippen molar-refractivity contribution in [3.05, 3.63) is 135 Å². The Morgan fingerprint density at radius 3 is 2.04 bits per heavy atom. The van der Waals surface area contributed by atoms with Crippen molar-refractivity contribution in [1.82, 2.24) is 19.6 Å². The standard InChI is InChI=1S/C39H36FN5O5Si/c1-24-35(51(2,3)40)34(17-18-46)50-39(24)32-20-29(45-37(48)31-14-7-5-11-27(31)22-42-45)15-16-33(32)43(38(39)49)23-25-9-8-12-28(19-25)44-36(47)30-13-6-4-10-26(30)21-41-44/h4-16,19-22,24,34-35,46H,17-18,23H2,1-3H3/t24-,34+,35-,39+/m0/s1. The van der Waals surface area contributed by atoms with Crippen LogP contribution in [-0.4, -0.2) is 51.7 Å². The van der Waals surface area contributed by atoms with Crippen molar-refractivity contribution in [3.8, 4) is 11.4 Å². The number of hydrogen-bond donors (Lipinski definition) is 1. The van der Waals surface area contributed by atoms with Gasteiger partial charge in [0.1, 0.15) is 0 Å². The summed E-state index contributed by atoms with van der Waals surface area (Å²) in [6.07, 6.45) is 2.77. The van der Waals surface area contributed by atoms with Crippen LogP contribution in [0.15, 0.2) is 113 Å². The molecule has 2 aliphatic heterocycles. The fraction of sp³-hybridized carbons (Fsp3) is 0.256. The predicted octanol–water partition coefficient (Wildman–Crippen LogP) is 5.79. The number of carbonyl (C=O) groups is 1. The lowest BCUT2D eigenvalue weighted by molar-refractivity contribution is -0.146. The lowest BCUT2D eigenvalue weighted by Gasteiger charge is -2.31. The smallest absolute Gasteiger partial charge is 0.279 e. The molecule has 8 rings (SSSR count). The summed E-state index contributed by atoms with van der Waals surface area (Å²) < 4.78 is 25.5. The van der Waals surface area contributed by atoms with Crippen molar-refractivity contribution in [2.24, 2.45) is 5.92 Å². The van der Waals surface area contributed by atoms with Gasteiger partial charge in [0.2, 0.25) is 8.41 Å². The van der Waals surface area contributed by atoms with Crippen LogP contribution >= 0.6 is 0 Å². The molecule has 4 aromatic carbocycles. The van der Waals surface area contributed by atoms with Crippen molar-refractivity contribution < 1.29 is 18.7 Å². The van der Waals surface area contributed by atoms with E-state index in [9.17, 15) is 19.5 Å². The molecule has 1 spiro atoms. The van der Waals surface area contributed by atoms with E-state index in [1.807, 2.05) is 55.5 Å². The Kier molecular flexibility index (Phi) is 7.85. The molecule has 1 amide bonds. The van der Waals surface area contributed by atoms with Gasteiger partial charge in [-0.25, -0.2) is 0 Å². The number of anilines is 1. The monoisotopic (exact) mass is 701 g/mol. The zero-order valence-electron chi connectivity index (χ0n) is 28.4. The third-order valence-corrected chi connectivity index (χ3v) is 12.9. The number of nitrogens with zero attached hydrogens (tertiary/aromatic N) is 5. The molecule has 51 heavy (non-hydrogen) atoms. The van der Waals surface area contributed by atoms with Gasteiger partial charge in [-0.2, -0.15) is 19.6 Å². The Bertz CT molecular complexity index is 2480. The molecule has 0 bridgehead atoms. The van der Waals surface area contributed by atoms with Gasteiger partial charge >= 0.3 is 0 Å². The molecule has 1 saturated heterocycles. The average molecular weight is 702 g/mol. The summed E-state index contributed by atoms with van der Waals surface area (Å²) in [5.41, 5.74) is 0.0793. The highest BCUT2D eigenvalue weighted by Crippen LogP contribution is 2.60. The zero-order valence-corrected chi connectivity index (χ0v) is 29.4. The van der Waals surface area contributed by atoms with E-state index in [4.69, 9.17) is 4.74 Å². The second-order valence-electron chi connectivity index (χ2n) is 13.9. The Morgan fingerprint density at radius 2 is 1.43 bits per heavy atom. The van der Waals surface area contributed by atoms with E-state index in [2.05, 4.69) is 10.2 Å². The molecule has 1 fully saturated rings. The van der Waals surface area contributed by atoms with Gasteiger partial charge in [0.05, 0.1) is 52.9 Å². The normalized spacial score (nSPS) is 21.6. The van der Waals surface area contributed by atoms with Gasteiger partial charge in [-0.05, 0) is 67.5 Å². The van der Waals surface area contributed by atoms with Crippen molar-refractivity contribution in [3.63, 3.8) is 0 Å². The van der Waals surface area contributed by atoms with Crippen LogP contribution in [0.2, 0.25) is 18.6 Å². The second-order valence-corrected chi connectivity index (χ2v) is 17.7. The average Bonchev–Trinajstić information content (AvgIpc) is 3.55. The topological polar surface area (TPSA) is 120 Å². The molecular formula is C39H36FN5O5Si. The molecule has 0 radical (unpaired) electrons. The van der Waals surface area contributed by atoms with Gasteiger partial charge in [-0.1, -0.05) is 55.5 Å². The van der Waals surface area contributed by atoms with E-state index in [1.165, 1.54) is 9.36 Å². The molecule has 0 aliphatic carbocycles. The van der Waals surface area contributed by atoms with Crippen LogP contribution in [0, 0.1) is 5.92 Å². The summed E-state index contributed by atoms with van der Waals surface area (Å²) >= 11 is 0. The number of ether oxygens (including phenoxy) is 1. The fourth-order valence-electron chi connectivity index (χ4n) is 8.24. The van der Waals surface area contributed by atoms with Crippen LogP contribution in [0.3, 0.4) is 0 Å². The van der Waals surface area contributed by atoms with Gasteiger partial charge in [0.25, 0.3) is 17.0 Å². The lowest BCUT2D eigenvalue weighted by Crippen LogP contribution is -2.45. The maximum absolute atomic E-state index is 16.1.